The summed E-state index contributed by atoms with van der Waals surface area (Å²) in [5.41, 5.74) is 2.81. The molecule has 0 saturated carbocycles. The van der Waals surface area contributed by atoms with Crippen molar-refractivity contribution in [1.29, 1.82) is 0 Å². The minimum atomic E-state index is -0.571. The third-order valence-corrected chi connectivity index (χ3v) is 5.65. The molecule has 3 rings (SSSR count). The smallest absolute Gasteiger partial charge is 0.227 e. The maximum absolute atomic E-state index is 10.7. The van der Waals surface area contributed by atoms with Crippen LogP contribution in [-0.2, 0) is 11.3 Å². The van der Waals surface area contributed by atoms with Gasteiger partial charge in [0.05, 0.1) is 36.8 Å². The van der Waals surface area contributed by atoms with Crippen molar-refractivity contribution >= 4 is 0 Å². The third kappa shape index (κ3) is 8.08. The molecule has 3 aromatic rings. The molecule has 1 N–H and O–H groups in total. The molecule has 0 radical (unpaired) electrons. The summed E-state index contributed by atoms with van der Waals surface area (Å²) in [5, 5.41) is 15.5. The molecule has 7 nitrogen and oxygen atoms in total. The average Bonchev–Trinajstić information content (AvgIpc) is 3.14. The Morgan fingerprint density at radius 1 is 0.889 bits per heavy atom. The second-order valence-corrected chi connectivity index (χ2v) is 10.1. The van der Waals surface area contributed by atoms with E-state index in [1.807, 2.05) is 66.2 Å². The SMILES string of the molecule is COc1ccc(Oc2c(CN(CC(C)C)C[C@H](O)COCC(C)C)c(C)nn2-c2ccccc2)cc1. The Balaban J connectivity index is 1.90. The van der Waals surface area contributed by atoms with Crippen LogP contribution in [0.1, 0.15) is 39.0 Å². The summed E-state index contributed by atoms with van der Waals surface area (Å²) in [6.07, 6.45) is -0.571. The van der Waals surface area contributed by atoms with E-state index >= 15 is 0 Å². The lowest BCUT2D eigenvalue weighted by Crippen LogP contribution is -2.37. The molecule has 0 aliphatic heterocycles. The summed E-state index contributed by atoms with van der Waals surface area (Å²) < 4.78 is 19.3. The number of rotatable bonds is 14. The van der Waals surface area contributed by atoms with E-state index in [4.69, 9.17) is 19.3 Å². The number of aliphatic hydroxyl groups is 1. The van der Waals surface area contributed by atoms with Gasteiger partial charge in [0.15, 0.2) is 0 Å². The van der Waals surface area contributed by atoms with Gasteiger partial charge in [-0.15, -0.1) is 0 Å². The molecule has 0 aliphatic carbocycles. The van der Waals surface area contributed by atoms with E-state index in [0.717, 1.165) is 29.2 Å². The van der Waals surface area contributed by atoms with Gasteiger partial charge in [0.2, 0.25) is 5.88 Å². The van der Waals surface area contributed by atoms with E-state index in [1.54, 1.807) is 7.11 Å². The molecule has 0 unspecified atom stereocenters. The summed E-state index contributed by atoms with van der Waals surface area (Å²) in [6, 6.07) is 17.5. The first-order valence-corrected chi connectivity index (χ1v) is 12.7. The lowest BCUT2D eigenvalue weighted by molar-refractivity contribution is 0.00511. The minimum absolute atomic E-state index is 0.324. The van der Waals surface area contributed by atoms with Gasteiger partial charge in [-0.05, 0) is 55.2 Å². The third-order valence-electron chi connectivity index (χ3n) is 5.65. The predicted molar refractivity (Wildman–Crippen MR) is 143 cm³/mol. The zero-order chi connectivity index (χ0) is 26.1. The van der Waals surface area contributed by atoms with Gasteiger partial charge in [-0.3, -0.25) is 4.90 Å². The highest BCUT2D eigenvalue weighted by Crippen LogP contribution is 2.32. The molecule has 2 aromatic carbocycles. The maximum Gasteiger partial charge on any atom is 0.227 e. The van der Waals surface area contributed by atoms with Gasteiger partial charge in [0, 0.05) is 26.2 Å². The van der Waals surface area contributed by atoms with Crippen LogP contribution >= 0.6 is 0 Å². The van der Waals surface area contributed by atoms with E-state index in [-0.39, 0.29) is 0 Å². The normalized spacial score (nSPS) is 12.5. The number of methoxy groups -OCH3 is 1. The Bertz CT molecular complexity index is 1050. The highest BCUT2D eigenvalue weighted by molar-refractivity contribution is 5.44. The van der Waals surface area contributed by atoms with Crippen LogP contribution in [0.2, 0.25) is 0 Å². The first-order chi connectivity index (χ1) is 17.3. The minimum Gasteiger partial charge on any atom is -0.497 e. The van der Waals surface area contributed by atoms with Crippen LogP contribution < -0.4 is 9.47 Å². The number of aromatic nitrogens is 2. The molecule has 0 fully saturated rings. The Labute approximate surface area is 215 Å². The zero-order valence-electron chi connectivity index (χ0n) is 22.5. The van der Waals surface area contributed by atoms with Gasteiger partial charge in [0.1, 0.15) is 11.5 Å². The molecule has 0 aliphatic rings. The van der Waals surface area contributed by atoms with Crippen LogP contribution in [-0.4, -0.2) is 59.3 Å². The van der Waals surface area contributed by atoms with E-state index in [2.05, 4.69) is 32.6 Å². The molecule has 0 bridgehead atoms. The molecule has 0 saturated heterocycles. The van der Waals surface area contributed by atoms with Crippen LogP contribution in [0.3, 0.4) is 0 Å². The summed E-state index contributed by atoms with van der Waals surface area (Å²) in [4.78, 5) is 2.26. The van der Waals surface area contributed by atoms with E-state index < -0.39 is 6.10 Å². The van der Waals surface area contributed by atoms with Gasteiger partial charge in [-0.25, -0.2) is 4.68 Å². The zero-order valence-corrected chi connectivity index (χ0v) is 22.5. The summed E-state index contributed by atoms with van der Waals surface area (Å²) >= 11 is 0. The first-order valence-electron chi connectivity index (χ1n) is 12.7. The number of aliphatic hydroxyl groups excluding tert-OH is 1. The van der Waals surface area contributed by atoms with Crippen molar-refractivity contribution in [1.82, 2.24) is 14.7 Å². The second kappa shape index (κ2) is 13.4. The average molecular weight is 496 g/mol. The molecule has 1 heterocycles. The van der Waals surface area contributed by atoms with Gasteiger partial charge in [-0.1, -0.05) is 45.9 Å². The van der Waals surface area contributed by atoms with Gasteiger partial charge >= 0.3 is 0 Å². The lowest BCUT2D eigenvalue weighted by atomic mass is 10.1. The predicted octanol–water partition coefficient (Wildman–Crippen LogP) is 5.47. The highest BCUT2D eigenvalue weighted by Gasteiger charge is 2.23. The molecule has 196 valence electrons. The highest BCUT2D eigenvalue weighted by atomic mass is 16.5. The monoisotopic (exact) mass is 495 g/mol. The van der Waals surface area contributed by atoms with Crippen LogP contribution in [0.4, 0.5) is 0 Å². The second-order valence-electron chi connectivity index (χ2n) is 10.1. The summed E-state index contributed by atoms with van der Waals surface area (Å²) in [7, 11) is 1.65. The largest absolute Gasteiger partial charge is 0.497 e. The van der Waals surface area contributed by atoms with Crippen molar-refractivity contribution in [2.75, 3.05) is 33.4 Å². The fourth-order valence-corrected chi connectivity index (χ4v) is 4.06. The number of para-hydroxylation sites is 1. The van der Waals surface area contributed by atoms with Crippen molar-refractivity contribution in [2.45, 2.75) is 47.3 Å². The number of aryl methyl sites for hydroxylation is 1. The van der Waals surface area contributed by atoms with Gasteiger partial charge in [0.25, 0.3) is 0 Å². The fraction of sp³-hybridized carbons (Fsp3) is 0.483. The topological polar surface area (TPSA) is 69.0 Å². The first kappa shape index (κ1) is 27.7. The Kier molecular flexibility index (Phi) is 10.3. The fourth-order valence-electron chi connectivity index (χ4n) is 4.06. The molecule has 36 heavy (non-hydrogen) atoms. The molecule has 7 heteroatoms. The number of hydrogen-bond donors (Lipinski definition) is 1. The maximum atomic E-state index is 10.7. The van der Waals surface area contributed by atoms with E-state index in [1.165, 1.54) is 0 Å². The number of benzene rings is 2. The number of nitrogens with zero attached hydrogens (tertiary/aromatic N) is 3. The van der Waals surface area contributed by atoms with E-state index in [9.17, 15) is 5.11 Å². The van der Waals surface area contributed by atoms with Gasteiger partial charge < -0.3 is 19.3 Å². The summed E-state index contributed by atoms with van der Waals surface area (Å²) in [5.74, 6) is 3.01. The molecule has 1 atom stereocenters. The standard InChI is InChI=1S/C29H41N3O4/c1-21(2)16-31(17-25(33)20-35-19-22(3)4)18-28-23(5)30-32(24-10-8-7-9-11-24)29(28)36-27-14-12-26(34-6)13-15-27/h7-15,21-22,25,33H,16-20H2,1-6H3/t25-/m0/s1. The van der Waals surface area contributed by atoms with Crippen molar-refractivity contribution in [3.63, 3.8) is 0 Å². The molecular weight excluding hydrogens is 454 g/mol. The van der Waals surface area contributed by atoms with Crippen LogP contribution in [0.5, 0.6) is 17.4 Å². The van der Waals surface area contributed by atoms with Crippen molar-refractivity contribution < 1.29 is 19.3 Å². The Hall–Kier alpha value is -2.87. The Morgan fingerprint density at radius 2 is 1.56 bits per heavy atom. The Morgan fingerprint density at radius 3 is 2.17 bits per heavy atom. The van der Waals surface area contributed by atoms with Crippen molar-refractivity contribution in [3.8, 4) is 23.1 Å². The van der Waals surface area contributed by atoms with Gasteiger partial charge in [-0.2, -0.15) is 5.10 Å². The van der Waals surface area contributed by atoms with E-state index in [0.29, 0.717) is 49.8 Å². The molecule has 0 spiro atoms. The molecule has 1 aromatic heterocycles. The van der Waals surface area contributed by atoms with Crippen LogP contribution in [0.15, 0.2) is 54.6 Å². The number of hydrogen-bond acceptors (Lipinski definition) is 6. The molecular formula is C29H41N3O4. The number of ether oxygens (including phenoxy) is 3. The molecule has 0 amide bonds. The lowest BCUT2D eigenvalue weighted by Gasteiger charge is -2.27. The van der Waals surface area contributed by atoms with Crippen LogP contribution in [0, 0.1) is 18.8 Å². The quantitative estimate of drug-likeness (QED) is 0.320. The summed E-state index contributed by atoms with van der Waals surface area (Å²) in [6.45, 7) is 13.5. The van der Waals surface area contributed by atoms with Crippen LogP contribution in [0.25, 0.3) is 5.69 Å². The van der Waals surface area contributed by atoms with Crippen molar-refractivity contribution in [2.24, 2.45) is 11.8 Å². The van der Waals surface area contributed by atoms with Crippen molar-refractivity contribution in [3.05, 3.63) is 65.9 Å².